The average Bonchev–Trinajstić information content (AvgIpc) is 2.83. The maximum absolute atomic E-state index is 3.54. The van der Waals surface area contributed by atoms with E-state index in [0.717, 1.165) is 5.33 Å². The van der Waals surface area contributed by atoms with Gasteiger partial charge in [0.2, 0.25) is 0 Å². The second kappa shape index (κ2) is 13.5. The maximum atomic E-state index is 3.54. The van der Waals surface area contributed by atoms with Crippen LogP contribution in [0.25, 0.3) is 0 Å². The minimum atomic E-state index is -1.69. The van der Waals surface area contributed by atoms with Crippen LogP contribution in [0.15, 0.2) is 72.8 Å². The highest BCUT2D eigenvalue weighted by Gasteiger charge is 2.44. The summed E-state index contributed by atoms with van der Waals surface area (Å²) in [5, 5.41) is 5.72. The third kappa shape index (κ3) is 7.27. The third-order valence-corrected chi connectivity index (χ3v) is 11.9. The molecule has 3 aromatic rings. The first kappa shape index (κ1) is 26.2. The summed E-state index contributed by atoms with van der Waals surface area (Å²) in [6.07, 6.45) is 12.1. The lowest BCUT2D eigenvalue weighted by Crippen LogP contribution is -2.33. The van der Waals surface area contributed by atoms with Crippen LogP contribution < -0.4 is 15.9 Å². The molecule has 3 aromatic carbocycles. The summed E-state index contributed by atoms with van der Waals surface area (Å²) in [7, 11) is -1.69. The fraction of sp³-hybridized carbons (Fsp3) is 0.419. The molecule has 0 aliphatic heterocycles. The molecule has 2 heteroatoms. The number of alkyl halides is 1. The summed E-state index contributed by atoms with van der Waals surface area (Å²) in [6.45, 7) is 6.58. The lowest BCUT2D eigenvalue weighted by molar-refractivity contribution is 0.588. The van der Waals surface area contributed by atoms with Crippen molar-refractivity contribution in [2.24, 2.45) is 0 Å². The van der Waals surface area contributed by atoms with Gasteiger partial charge in [0, 0.05) is 5.33 Å². The molecule has 0 heterocycles. The number of aryl methyl sites for hydroxylation is 3. The molecular formula is C31H41BrP+. The summed E-state index contributed by atoms with van der Waals surface area (Å²) in [5.74, 6) is 0. The minimum Gasteiger partial charge on any atom is -0.0928 e. The summed E-state index contributed by atoms with van der Waals surface area (Å²) in [4.78, 5) is 0. The second-order valence-electron chi connectivity index (χ2n) is 9.56. The lowest BCUT2D eigenvalue weighted by atomic mass is 10.1. The highest BCUT2D eigenvalue weighted by molar-refractivity contribution is 9.09. The van der Waals surface area contributed by atoms with Crippen molar-refractivity contribution in [1.82, 2.24) is 0 Å². The molecule has 0 spiro atoms. The molecule has 0 aliphatic carbocycles. The molecule has 3 rings (SSSR count). The molecule has 0 unspecified atom stereocenters. The van der Waals surface area contributed by atoms with Gasteiger partial charge < -0.3 is 0 Å². The number of benzene rings is 3. The molecule has 0 saturated heterocycles. The molecule has 0 N–H and O–H groups in total. The Balaban J connectivity index is 1.86. The molecule has 0 aromatic heterocycles. The van der Waals surface area contributed by atoms with Crippen molar-refractivity contribution in [3.8, 4) is 0 Å². The molecule has 0 saturated carbocycles. The second-order valence-corrected chi connectivity index (χ2v) is 14.0. The number of unbranched alkanes of at least 4 members (excludes halogenated alkanes) is 7. The summed E-state index contributed by atoms with van der Waals surface area (Å²) >= 11 is 3.54. The fourth-order valence-corrected chi connectivity index (χ4v) is 9.47. The van der Waals surface area contributed by atoms with Crippen LogP contribution in [0.3, 0.4) is 0 Å². The van der Waals surface area contributed by atoms with Gasteiger partial charge in [-0.25, -0.2) is 0 Å². The van der Waals surface area contributed by atoms with Gasteiger partial charge >= 0.3 is 0 Å². The van der Waals surface area contributed by atoms with Crippen molar-refractivity contribution >= 4 is 39.1 Å². The van der Waals surface area contributed by atoms with Crippen molar-refractivity contribution < 1.29 is 0 Å². The molecule has 0 nitrogen and oxygen atoms in total. The monoisotopic (exact) mass is 523 g/mol. The Bertz CT molecular complexity index is 831. The van der Waals surface area contributed by atoms with E-state index in [9.17, 15) is 0 Å². The number of halogens is 1. The summed E-state index contributed by atoms with van der Waals surface area (Å²) < 4.78 is 0. The van der Waals surface area contributed by atoms with Crippen LogP contribution in [0.1, 0.15) is 68.1 Å². The topological polar surface area (TPSA) is 0 Å². The Labute approximate surface area is 211 Å². The van der Waals surface area contributed by atoms with Crippen LogP contribution in [0.2, 0.25) is 0 Å². The number of hydrogen-bond acceptors (Lipinski definition) is 0. The van der Waals surface area contributed by atoms with Crippen LogP contribution in [-0.4, -0.2) is 11.5 Å². The predicted octanol–water partition coefficient (Wildman–Crippen LogP) is 8.42. The van der Waals surface area contributed by atoms with E-state index >= 15 is 0 Å². The van der Waals surface area contributed by atoms with Crippen molar-refractivity contribution in [2.45, 2.75) is 72.1 Å². The Kier molecular flexibility index (Phi) is 10.7. The van der Waals surface area contributed by atoms with E-state index in [4.69, 9.17) is 0 Å². The zero-order chi connectivity index (χ0) is 23.5. The Hall–Kier alpha value is -1.43. The van der Waals surface area contributed by atoms with Crippen molar-refractivity contribution in [2.75, 3.05) is 11.5 Å². The van der Waals surface area contributed by atoms with Gasteiger partial charge in [0.1, 0.15) is 23.2 Å². The van der Waals surface area contributed by atoms with E-state index in [1.165, 1.54) is 90.1 Å². The zero-order valence-electron chi connectivity index (χ0n) is 20.8. The quantitative estimate of drug-likeness (QED) is 0.120. The molecular weight excluding hydrogens is 483 g/mol. The van der Waals surface area contributed by atoms with Crippen LogP contribution in [0.4, 0.5) is 0 Å². The molecule has 0 atom stereocenters. The fourth-order valence-electron chi connectivity index (χ4n) is 4.74. The Morgan fingerprint density at radius 3 is 1.09 bits per heavy atom. The highest BCUT2D eigenvalue weighted by Crippen LogP contribution is 2.56. The molecule has 0 bridgehead atoms. The van der Waals surface area contributed by atoms with Gasteiger partial charge in [-0.15, -0.1) is 0 Å². The van der Waals surface area contributed by atoms with Crippen LogP contribution >= 0.6 is 23.2 Å². The smallest absolute Gasteiger partial charge is 0.0928 e. The van der Waals surface area contributed by atoms with Gasteiger partial charge in [0.25, 0.3) is 0 Å². The first-order valence-corrected chi connectivity index (χ1v) is 15.8. The summed E-state index contributed by atoms with van der Waals surface area (Å²) in [5.41, 5.74) is 4.01. The molecule has 0 fully saturated rings. The predicted molar refractivity (Wildman–Crippen MR) is 155 cm³/mol. The van der Waals surface area contributed by atoms with Crippen molar-refractivity contribution in [3.05, 3.63) is 89.5 Å². The Morgan fingerprint density at radius 2 is 0.758 bits per heavy atom. The first-order chi connectivity index (χ1) is 16.1. The Morgan fingerprint density at radius 1 is 0.455 bits per heavy atom. The van der Waals surface area contributed by atoms with Gasteiger partial charge in [0.15, 0.2) is 0 Å². The van der Waals surface area contributed by atoms with Crippen LogP contribution in [0, 0.1) is 20.8 Å². The average molecular weight is 525 g/mol. The van der Waals surface area contributed by atoms with E-state index in [1.807, 2.05) is 0 Å². The van der Waals surface area contributed by atoms with Gasteiger partial charge in [-0.2, -0.15) is 0 Å². The largest absolute Gasteiger partial charge is 0.112 e. The molecule has 176 valence electrons. The van der Waals surface area contributed by atoms with E-state index in [-0.39, 0.29) is 0 Å². The summed E-state index contributed by atoms with van der Waals surface area (Å²) in [6, 6.07) is 28.3. The third-order valence-electron chi connectivity index (χ3n) is 6.80. The highest BCUT2D eigenvalue weighted by atomic mass is 79.9. The molecule has 0 aliphatic rings. The van der Waals surface area contributed by atoms with Crippen LogP contribution in [-0.2, 0) is 0 Å². The number of rotatable bonds is 13. The van der Waals surface area contributed by atoms with Gasteiger partial charge in [0.05, 0.1) is 6.16 Å². The minimum absolute atomic E-state index is 1.15. The molecule has 0 radical (unpaired) electrons. The van der Waals surface area contributed by atoms with Gasteiger partial charge in [-0.1, -0.05) is 101 Å². The van der Waals surface area contributed by atoms with Crippen LogP contribution in [0.5, 0.6) is 0 Å². The molecule has 0 amide bonds. The lowest BCUT2D eigenvalue weighted by Gasteiger charge is -2.28. The zero-order valence-corrected chi connectivity index (χ0v) is 23.3. The standard InChI is InChI=1S/C31H41BrP/c1-26-12-18-29(19-13-26)33(30-20-14-27(2)15-21-30,31-22-16-28(3)17-23-31)25-11-9-7-5-4-6-8-10-24-32/h12-23H,4-11,24-25H2,1-3H3/q+1. The molecule has 33 heavy (non-hydrogen) atoms. The van der Waals surface area contributed by atoms with E-state index in [0.29, 0.717) is 0 Å². The van der Waals surface area contributed by atoms with Gasteiger partial charge in [-0.05, 0) is 76.4 Å². The van der Waals surface area contributed by atoms with E-state index in [1.54, 1.807) is 0 Å². The van der Waals surface area contributed by atoms with E-state index < -0.39 is 7.26 Å². The first-order valence-electron chi connectivity index (χ1n) is 12.7. The van der Waals surface area contributed by atoms with E-state index in [2.05, 4.69) is 109 Å². The SMILES string of the molecule is Cc1ccc([P+](CCCCCCCCCCBr)(c2ccc(C)cc2)c2ccc(C)cc2)cc1. The van der Waals surface area contributed by atoms with Crippen molar-refractivity contribution in [1.29, 1.82) is 0 Å². The van der Waals surface area contributed by atoms with Crippen molar-refractivity contribution in [3.63, 3.8) is 0 Å². The maximum Gasteiger partial charge on any atom is 0.112 e. The number of hydrogen-bond donors (Lipinski definition) is 0. The van der Waals surface area contributed by atoms with Gasteiger partial charge in [-0.3, -0.25) is 0 Å². The normalized spacial score (nSPS) is 11.6.